The molecule has 0 saturated heterocycles. The number of carboxylic acid groups (broad SMARTS) is 1. The molecule has 0 heterocycles. The number of aliphatic hydroxyl groups excluding tert-OH is 2. The Labute approximate surface area is 274 Å². The molecule has 0 aromatic rings. The zero-order chi connectivity index (χ0) is 34.2. The normalized spacial score (nSPS) is 36.1. The summed E-state index contributed by atoms with van der Waals surface area (Å²) in [5.41, 5.74) is -5.17. The summed E-state index contributed by atoms with van der Waals surface area (Å²) in [5.74, 6) is -2.12. The summed E-state index contributed by atoms with van der Waals surface area (Å²) >= 11 is 0. The van der Waals surface area contributed by atoms with Gasteiger partial charge in [0.05, 0.1) is 12.7 Å². The number of halogens is 1. The van der Waals surface area contributed by atoms with E-state index in [9.17, 15) is 29.7 Å². The number of carbonyl (C=O) groups excluding carboxylic acids is 2. The Kier molecular flexibility index (Phi) is 13.6. The summed E-state index contributed by atoms with van der Waals surface area (Å²) in [4.78, 5) is 34.5. The molecule has 8 nitrogen and oxygen atoms in total. The molecule has 4 aliphatic rings. The minimum atomic E-state index is -1.98. The van der Waals surface area contributed by atoms with E-state index >= 15 is 4.39 Å². The van der Waals surface area contributed by atoms with Crippen LogP contribution in [0.15, 0.2) is 23.8 Å². The van der Waals surface area contributed by atoms with Gasteiger partial charge in [0.15, 0.2) is 17.2 Å². The molecule has 0 bridgehead atoms. The Morgan fingerprint density at radius 3 is 2.09 bits per heavy atom. The Morgan fingerprint density at radius 2 is 1.54 bits per heavy atom. The van der Waals surface area contributed by atoms with Crippen molar-refractivity contribution >= 4 is 17.7 Å². The third-order valence-corrected chi connectivity index (χ3v) is 12.0. The number of alkyl halides is 1. The lowest BCUT2D eigenvalue weighted by Gasteiger charge is -2.62. The van der Waals surface area contributed by atoms with E-state index < -0.39 is 58.6 Å². The average molecular weight is 651 g/mol. The topological polar surface area (TPSA) is 141 Å². The summed E-state index contributed by atoms with van der Waals surface area (Å²) in [5, 5.41) is 40.2. The van der Waals surface area contributed by atoms with Crippen LogP contribution < -0.4 is 0 Å². The van der Waals surface area contributed by atoms with Crippen LogP contribution in [0.25, 0.3) is 0 Å². The van der Waals surface area contributed by atoms with Gasteiger partial charge in [-0.1, -0.05) is 103 Å². The van der Waals surface area contributed by atoms with Gasteiger partial charge in [0, 0.05) is 16.7 Å². The quantitative estimate of drug-likeness (QED) is 0.107. The van der Waals surface area contributed by atoms with Crippen LogP contribution in [0.5, 0.6) is 0 Å². The van der Waals surface area contributed by atoms with Gasteiger partial charge in [0.2, 0.25) is 0 Å². The first-order chi connectivity index (χ1) is 21.7. The summed E-state index contributed by atoms with van der Waals surface area (Å²) in [6.45, 7) is 7.08. The molecule has 9 heteroatoms. The zero-order valence-electron chi connectivity index (χ0n) is 28.6. The van der Waals surface area contributed by atoms with Crippen LogP contribution in [0.3, 0.4) is 0 Å². The Hall–Kier alpha value is -2.10. The number of allylic oxidation sites excluding steroid dienone is 4. The molecule has 262 valence electrons. The molecule has 3 fully saturated rings. The van der Waals surface area contributed by atoms with Crippen molar-refractivity contribution in [2.75, 3.05) is 13.2 Å². The molecule has 0 unspecified atom stereocenters. The first kappa shape index (κ1) is 38.3. The highest BCUT2D eigenvalue weighted by atomic mass is 19.1. The van der Waals surface area contributed by atoms with Gasteiger partial charge in [0.25, 0.3) is 0 Å². The van der Waals surface area contributed by atoms with Crippen molar-refractivity contribution in [2.24, 2.45) is 28.6 Å². The maximum atomic E-state index is 16.9. The number of Topliss-reactive ketones (excluding diaryl/α,β-unsaturated/α-hetero) is 1. The number of unbranched alkanes of at least 4 members (excludes halogenated alkanes) is 11. The second-order valence-electron chi connectivity index (χ2n) is 14.8. The number of fused-ring (bicyclic) bond motifs is 5. The molecule has 3 saturated carbocycles. The van der Waals surface area contributed by atoms with Crippen LogP contribution in [-0.2, 0) is 14.3 Å². The minimum Gasteiger partial charge on any atom is -0.450 e. The number of hydrogen-bond acceptors (Lipinski definition) is 7. The smallest absolute Gasteiger partial charge is 0.450 e. The van der Waals surface area contributed by atoms with Crippen molar-refractivity contribution in [1.29, 1.82) is 0 Å². The number of aliphatic hydroxyl groups is 3. The highest BCUT2D eigenvalue weighted by molar-refractivity contribution is 6.01. The van der Waals surface area contributed by atoms with Gasteiger partial charge < -0.3 is 25.2 Å². The predicted molar refractivity (Wildman–Crippen MR) is 175 cm³/mol. The van der Waals surface area contributed by atoms with Crippen LogP contribution in [0.2, 0.25) is 0 Å². The van der Waals surface area contributed by atoms with Gasteiger partial charge >= 0.3 is 6.16 Å². The van der Waals surface area contributed by atoms with Crippen LogP contribution in [0.4, 0.5) is 9.18 Å². The molecular formula is C37H59FO8. The Balaban J connectivity index is 0.000000280. The standard InChI is InChI=1S/C22H29FO5.C15H30O3/c1-12-8-16-15-5-4-13-9-14(25)6-7-19(13,2)21(15,23)17(26)10-20(16,3)22(12,28)18(27)11-24;1-2-3-4-5-6-7-8-9-10-11-12-13-14-18-15(16)17/h6-7,9,12,15-17,24,26,28H,4-5,8,10-11H2,1-3H3;2-14H2,1H3,(H,16,17)/t12-,15+,16+,17+,19+,20+,21+,22+;/m1./s1. The molecule has 0 aromatic carbocycles. The molecule has 0 aliphatic heterocycles. The van der Waals surface area contributed by atoms with Gasteiger partial charge in [-0.15, -0.1) is 0 Å². The summed E-state index contributed by atoms with van der Waals surface area (Å²) < 4.78 is 21.3. The fourth-order valence-electron chi connectivity index (χ4n) is 9.36. The molecule has 0 amide bonds. The third-order valence-electron chi connectivity index (χ3n) is 12.0. The van der Waals surface area contributed by atoms with Gasteiger partial charge in [0.1, 0.15) is 12.2 Å². The predicted octanol–water partition coefficient (Wildman–Crippen LogP) is 7.28. The lowest BCUT2D eigenvalue weighted by molar-refractivity contribution is -0.219. The van der Waals surface area contributed by atoms with Crippen molar-refractivity contribution in [1.82, 2.24) is 0 Å². The fourth-order valence-corrected chi connectivity index (χ4v) is 9.36. The van der Waals surface area contributed by atoms with Gasteiger partial charge in [-0.25, -0.2) is 9.18 Å². The molecule has 8 atom stereocenters. The van der Waals surface area contributed by atoms with E-state index in [-0.39, 0.29) is 18.1 Å². The van der Waals surface area contributed by atoms with E-state index in [0.29, 0.717) is 31.4 Å². The van der Waals surface area contributed by atoms with Crippen molar-refractivity contribution in [3.05, 3.63) is 23.8 Å². The van der Waals surface area contributed by atoms with Crippen LogP contribution in [0, 0.1) is 28.6 Å². The second kappa shape index (κ2) is 16.3. The highest BCUT2D eigenvalue weighted by Gasteiger charge is 2.75. The second-order valence-corrected chi connectivity index (χ2v) is 14.8. The van der Waals surface area contributed by atoms with E-state index in [1.165, 1.54) is 76.4 Å². The van der Waals surface area contributed by atoms with Crippen molar-refractivity contribution in [3.8, 4) is 0 Å². The highest BCUT2D eigenvalue weighted by Crippen LogP contribution is 2.70. The lowest BCUT2D eigenvalue weighted by atomic mass is 9.44. The Bertz CT molecular complexity index is 1120. The van der Waals surface area contributed by atoms with Crippen LogP contribution in [0.1, 0.15) is 130 Å². The Morgan fingerprint density at radius 1 is 0.978 bits per heavy atom. The zero-order valence-corrected chi connectivity index (χ0v) is 28.6. The fraction of sp³-hybridized carbons (Fsp3) is 0.811. The largest absolute Gasteiger partial charge is 0.505 e. The minimum absolute atomic E-state index is 0.0676. The first-order valence-electron chi connectivity index (χ1n) is 17.8. The van der Waals surface area contributed by atoms with E-state index in [4.69, 9.17) is 5.11 Å². The van der Waals surface area contributed by atoms with Crippen LogP contribution >= 0.6 is 0 Å². The lowest BCUT2D eigenvalue weighted by Crippen LogP contribution is -2.69. The maximum absolute atomic E-state index is 16.9. The number of carbonyl (C=O) groups is 3. The number of ether oxygens (including phenoxy) is 1. The van der Waals surface area contributed by atoms with Crippen LogP contribution in [-0.4, -0.2) is 68.7 Å². The third kappa shape index (κ3) is 7.46. The van der Waals surface area contributed by atoms with Gasteiger partial charge in [-0.05, 0) is 63.0 Å². The number of ketones is 2. The number of rotatable bonds is 15. The van der Waals surface area contributed by atoms with E-state index in [1.807, 2.05) is 0 Å². The monoisotopic (exact) mass is 650 g/mol. The molecular weight excluding hydrogens is 591 g/mol. The van der Waals surface area contributed by atoms with E-state index in [1.54, 1.807) is 26.8 Å². The molecule has 46 heavy (non-hydrogen) atoms. The van der Waals surface area contributed by atoms with Crippen molar-refractivity contribution in [2.45, 2.75) is 148 Å². The van der Waals surface area contributed by atoms with Gasteiger partial charge in [-0.3, -0.25) is 9.59 Å². The molecule has 0 aromatic heterocycles. The summed E-state index contributed by atoms with van der Waals surface area (Å²) in [6.07, 6.45) is 18.7. The molecule has 0 radical (unpaired) electrons. The molecule has 4 rings (SSSR count). The molecule has 4 N–H and O–H groups in total. The SMILES string of the molecule is CCCCCCCCCCCCCCOC(=O)O.C[C@@H]1C[C@H]2[C@@H]3CCC4=CC(=O)C=C[C@]4(C)[C@@]3(F)[C@@H](O)C[C@]2(C)[C@@]1(O)C(=O)CO. The summed E-state index contributed by atoms with van der Waals surface area (Å²) in [6, 6.07) is 0. The van der Waals surface area contributed by atoms with Crippen molar-refractivity contribution < 1.29 is 43.9 Å². The van der Waals surface area contributed by atoms with Crippen molar-refractivity contribution in [3.63, 3.8) is 0 Å². The average Bonchev–Trinajstić information content (AvgIpc) is 3.21. The van der Waals surface area contributed by atoms with E-state index in [2.05, 4.69) is 11.7 Å². The first-order valence-corrected chi connectivity index (χ1v) is 17.8. The summed E-state index contributed by atoms with van der Waals surface area (Å²) in [7, 11) is 0. The maximum Gasteiger partial charge on any atom is 0.505 e. The van der Waals surface area contributed by atoms with E-state index in [0.717, 1.165) is 12.8 Å². The number of hydrogen-bond donors (Lipinski definition) is 4. The molecule has 0 spiro atoms. The molecule has 4 aliphatic carbocycles. The van der Waals surface area contributed by atoms with Gasteiger partial charge in [-0.2, -0.15) is 0 Å².